The Balaban J connectivity index is 2.55. The predicted octanol–water partition coefficient (Wildman–Crippen LogP) is 2.85. The largest absolute Gasteiger partial charge is 0.392 e. The molecular weight excluding hydrogens is 186 g/mol. The van der Waals surface area contributed by atoms with Crippen LogP contribution in [0.25, 0.3) is 10.9 Å². The molecule has 0 aliphatic rings. The van der Waals surface area contributed by atoms with Crippen molar-refractivity contribution in [3.63, 3.8) is 0 Å². The van der Waals surface area contributed by atoms with E-state index in [1.807, 2.05) is 24.3 Å². The zero-order chi connectivity index (χ0) is 10.8. The van der Waals surface area contributed by atoms with Crippen molar-refractivity contribution in [1.29, 1.82) is 0 Å². The molecule has 1 N–H and O–H groups in total. The van der Waals surface area contributed by atoms with Crippen molar-refractivity contribution >= 4 is 10.9 Å². The summed E-state index contributed by atoms with van der Waals surface area (Å²) in [5.41, 5.74) is 3.04. The van der Waals surface area contributed by atoms with Crippen molar-refractivity contribution in [1.82, 2.24) is 4.98 Å². The van der Waals surface area contributed by atoms with Gasteiger partial charge in [-0.05, 0) is 29.7 Å². The van der Waals surface area contributed by atoms with Crippen molar-refractivity contribution in [3.05, 3.63) is 41.6 Å². The quantitative estimate of drug-likeness (QED) is 0.810. The number of nitrogens with zero attached hydrogens (tertiary/aromatic N) is 1. The number of aliphatic hydroxyl groups excluding tert-OH is 1. The highest BCUT2D eigenvalue weighted by molar-refractivity contribution is 5.79. The molecule has 0 aliphatic heterocycles. The molecule has 0 fully saturated rings. The van der Waals surface area contributed by atoms with Crippen molar-refractivity contribution in [2.45, 2.75) is 26.4 Å². The third-order valence-corrected chi connectivity index (χ3v) is 2.55. The zero-order valence-electron chi connectivity index (χ0n) is 9.07. The van der Waals surface area contributed by atoms with E-state index in [9.17, 15) is 0 Å². The first-order valence-electron chi connectivity index (χ1n) is 5.21. The molecule has 0 bridgehead atoms. The summed E-state index contributed by atoms with van der Waals surface area (Å²) < 4.78 is 0. The maximum Gasteiger partial charge on any atom is 0.0705 e. The average molecular weight is 201 g/mol. The van der Waals surface area contributed by atoms with Crippen molar-refractivity contribution < 1.29 is 5.11 Å². The Morgan fingerprint density at radius 3 is 2.67 bits per heavy atom. The first-order valence-corrected chi connectivity index (χ1v) is 5.21. The van der Waals surface area contributed by atoms with Gasteiger partial charge in [0.05, 0.1) is 12.1 Å². The Hall–Kier alpha value is -1.41. The number of rotatable bonds is 2. The van der Waals surface area contributed by atoms with Crippen LogP contribution in [0, 0.1) is 0 Å². The lowest BCUT2D eigenvalue weighted by atomic mass is 10.1. The zero-order valence-corrected chi connectivity index (χ0v) is 9.07. The summed E-state index contributed by atoms with van der Waals surface area (Å²) in [6.45, 7) is 4.36. The van der Waals surface area contributed by atoms with Gasteiger partial charge in [-0.1, -0.05) is 26.0 Å². The summed E-state index contributed by atoms with van der Waals surface area (Å²) in [6.07, 6.45) is 0. The molecule has 78 valence electrons. The second-order valence-electron chi connectivity index (χ2n) is 4.08. The van der Waals surface area contributed by atoms with Gasteiger partial charge in [0.1, 0.15) is 0 Å². The second kappa shape index (κ2) is 3.99. The van der Waals surface area contributed by atoms with Crippen LogP contribution < -0.4 is 0 Å². The Labute approximate surface area is 89.6 Å². The molecule has 0 amide bonds. The van der Waals surface area contributed by atoms with Crippen LogP contribution in [0.1, 0.15) is 31.0 Å². The van der Waals surface area contributed by atoms with E-state index in [2.05, 4.69) is 24.9 Å². The molecular formula is C13H15NO. The van der Waals surface area contributed by atoms with E-state index < -0.39 is 0 Å². The van der Waals surface area contributed by atoms with Crippen LogP contribution in [0.2, 0.25) is 0 Å². The predicted molar refractivity (Wildman–Crippen MR) is 61.8 cm³/mol. The minimum atomic E-state index is 0.0852. The van der Waals surface area contributed by atoms with Gasteiger partial charge >= 0.3 is 0 Å². The van der Waals surface area contributed by atoms with E-state index in [-0.39, 0.29) is 6.61 Å². The van der Waals surface area contributed by atoms with Gasteiger partial charge in [0.2, 0.25) is 0 Å². The lowest BCUT2D eigenvalue weighted by Crippen LogP contribution is -1.93. The molecule has 0 aliphatic carbocycles. The molecule has 2 rings (SSSR count). The first-order chi connectivity index (χ1) is 7.20. The minimum Gasteiger partial charge on any atom is -0.392 e. The maximum absolute atomic E-state index is 9.02. The number of benzene rings is 1. The maximum atomic E-state index is 9.02. The fraction of sp³-hybridized carbons (Fsp3) is 0.308. The smallest absolute Gasteiger partial charge is 0.0705 e. The van der Waals surface area contributed by atoms with E-state index >= 15 is 0 Å². The first kappa shape index (κ1) is 10.1. The number of aromatic nitrogens is 1. The van der Waals surface area contributed by atoms with Crippen LogP contribution in [0.3, 0.4) is 0 Å². The van der Waals surface area contributed by atoms with Gasteiger partial charge in [-0.2, -0.15) is 0 Å². The highest BCUT2D eigenvalue weighted by Crippen LogP contribution is 2.18. The molecule has 0 unspecified atom stereocenters. The molecule has 1 heterocycles. The summed E-state index contributed by atoms with van der Waals surface area (Å²) in [4.78, 5) is 4.57. The topological polar surface area (TPSA) is 33.1 Å². The van der Waals surface area contributed by atoms with E-state index in [4.69, 9.17) is 5.11 Å². The summed E-state index contributed by atoms with van der Waals surface area (Å²) in [5.74, 6) is 0.451. The summed E-state index contributed by atoms with van der Waals surface area (Å²) >= 11 is 0. The monoisotopic (exact) mass is 201 g/mol. The average Bonchev–Trinajstić information content (AvgIpc) is 2.27. The molecule has 2 aromatic rings. The normalized spacial score (nSPS) is 11.2. The van der Waals surface area contributed by atoms with Gasteiger partial charge in [-0.15, -0.1) is 0 Å². The fourth-order valence-electron chi connectivity index (χ4n) is 1.61. The highest BCUT2D eigenvalue weighted by atomic mass is 16.3. The number of pyridine rings is 1. The van der Waals surface area contributed by atoms with Crippen LogP contribution >= 0.6 is 0 Å². The summed E-state index contributed by atoms with van der Waals surface area (Å²) in [5, 5.41) is 10.1. The SMILES string of the molecule is CC(C)c1ccc2cc(CO)ccc2n1. The number of hydrogen-bond acceptors (Lipinski definition) is 2. The van der Waals surface area contributed by atoms with Crippen LogP contribution in [-0.2, 0) is 6.61 Å². The number of fused-ring (bicyclic) bond motifs is 1. The van der Waals surface area contributed by atoms with E-state index in [1.54, 1.807) is 0 Å². The highest BCUT2D eigenvalue weighted by Gasteiger charge is 2.02. The Morgan fingerprint density at radius 1 is 1.20 bits per heavy atom. The van der Waals surface area contributed by atoms with Crippen LogP contribution in [0.4, 0.5) is 0 Å². The Bertz CT molecular complexity index is 477. The third kappa shape index (κ3) is 2.00. The number of aliphatic hydroxyl groups is 1. The Kier molecular flexibility index (Phi) is 2.69. The molecule has 15 heavy (non-hydrogen) atoms. The Morgan fingerprint density at radius 2 is 2.00 bits per heavy atom. The lowest BCUT2D eigenvalue weighted by Gasteiger charge is -2.06. The molecule has 0 radical (unpaired) electrons. The minimum absolute atomic E-state index is 0.0852. The van der Waals surface area contributed by atoms with Crippen LogP contribution in [-0.4, -0.2) is 10.1 Å². The van der Waals surface area contributed by atoms with Crippen molar-refractivity contribution in [3.8, 4) is 0 Å². The van der Waals surface area contributed by atoms with Crippen molar-refractivity contribution in [2.24, 2.45) is 0 Å². The molecule has 1 aromatic carbocycles. The summed E-state index contributed by atoms with van der Waals surface area (Å²) in [6, 6.07) is 9.98. The van der Waals surface area contributed by atoms with Gasteiger partial charge in [-0.3, -0.25) is 4.98 Å². The van der Waals surface area contributed by atoms with Gasteiger partial charge in [0.25, 0.3) is 0 Å². The third-order valence-electron chi connectivity index (χ3n) is 2.55. The van der Waals surface area contributed by atoms with E-state index in [0.717, 1.165) is 22.2 Å². The van der Waals surface area contributed by atoms with E-state index in [1.165, 1.54) is 0 Å². The standard InChI is InChI=1S/C13H15NO/c1-9(2)12-6-4-11-7-10(8-15)3-5-13(11)14-12/h3-7,9,15H,8H2,1-2H3. The fourth-order valence-corrected chi connectivity index (χ4v) is 1.61. The lowest BCUT2D eigenvalue weighted by molar-refractivity contribution is 0.282. The van der Waals surface area contributed by atoms with Gasteiger partial charge in [0.15, 0.2) is 0 Å². The van der Waals surface area contributed by atoms with Crippen molar-refractivity contribution in [2.75, 3.05) is 0 Å². The molecule has 0 saturated carbocycles. The van der Waals surface area contributed by atoms with Crippen LogP contribution in [0.5, 0.6) is 0 Å². The van der Waals surface area contributed by atoms with Gasteiger partial charge in [0, 0.05) is 11.1 Å². The molecule has 2 nitrogen and oxygen atoms in total. The van der Waals surface area contributed by atoms with Crippen LogP contribution in [0.15, 0.2) is 30.3 Å². The molecule has 0 spiro atoms. The molecule has 0 saturated heterocycles. The second-order valence-corrected chi connectivity index (χ2v) is 4.08. The molecule has 0 atom stereocenters. The van der Waals surface area contributed by atoms with Gasteiger partial charge < -0.3 is 5.11 Å². The number of hydrogen-bond donors (Lipinski definition) is 1. The van der Waals surface area contributed by atoms with E-state index in [0.29, 0.717) is 5.92 Å². The molecule has 2 heteroatoms. The van der Waals surface area contributed by atoms with Gasteiger partial charge in [-0.25, -0.2) is 0 Å². The molecule has 1 aromatic heterocycles. The summed E-state index contributed by atoms with van der Waals surface area (Å²) in [7, 11) is 0.